The van der Waals surface area contributed by atoms with Crippen LogP contribution >= 0.6 is 0 Å². The highest BCUT2D eigenvalue weighted by Crippen LogP contribution is 2.23. The molecule has 0 aliphatic rings. The molecule has 6 nitrogen and oxygen atoms in total. The Labute approximate surface area is 167 Å². The molecule has 0 saturated carbocycles. The standard InChI is InChI=1S/C21H29NO5S/c1-16(2)28(24,25)27-18-10-8-17(9-11-18)14-22(15-19-7-6-12-26-19)20(23)13-21(3,4)5/h6-12,16H,13-15H2,1-5H3. The van der Waals surface area contributed by atoms with Gasteiger partial charge < -0.3 is 13.5 Å². The van der Waals surface area contributed by atoms with E-state index >= 15 is 0 Å². The number of carbonyl (C=O) groups is 1. The van der Waals surface area contributed by atoms with Crippen molar-refractivity contribution in [2.45, 2.75) is 59.4 Å². The number of hydrogen-bond donors (Lipinski definition) is 0. The molecule has 0 atom stereocenters. The Balaban J connectivity index is 2.13. The molecule has 1 heterocycles. The number of nitrogens with zero attached hydrogens (tertiary/aromatic N) is 1. The highest BCUT2D eigenvalue weighted by Gasteiger charge is 2.23. The van der Waals surface area contributed by atoms with E-state index in [9.17, 15) is 13.2 Å². The monoisotopic (exact) mass is 407 g/mol. The van der Waals surface area contributed by atoms with Crippen LogP contribution < -0.4 is 4.18 Å². The van der Waals surface area contributed by atoms with E-state index in [0.717, 1.165) is 5.56 Å². The second-order valence-electron chi connectivity index (χ2n) is 8.34. The van der Waals surface area contributed by atoms with Crippen LogP contribution in [0.4, 0.5) is 0 Å². The summed E-state index contributed by atoms with van der Waals surface area (Å²) < 4.78 is 34.2. The molecule has 0 fully saturated rings. The van der Waals surface area contributed by atoms with Gasteiger partial charge >= 0.3 is 10.1 Å². The molecule has 0 spiro atoms. The van der Waals surface area contributed by atoms with Crippen LogP contribution in [0, 0.1) is 5.41 Å². The zero-order valence-corrected chi connectivity index (χ0v) is 18.0. The van der Waals surface area contributed by atoms with Gasteiger partial charge in [0.1, 0.15) is 11.5 Å². The smallest absolute Gasteiger partial charge is 0.311 e. The van der Waals surface area contributed by atoms with Crippen molar-refractivity contribution in [3.63, 3.8) is 0 Å². The van der Waals surface area contributed by atoms with Gasteiger partial charge in [0.05, 0.1) is 18.1 Å². The van der Waals surface area contributed by atoms with E-state index in [1.807, 2.05) is 26.8 Å². The highest BCUT2D eigenvalue weighted by molar-refractivity contribution is 7.87. The maximum Gasteiger partial charge on any atom is 0.311 e. The predicted octanol–water partition coefficient (Wildman–Crippen LogP) is 4.36. The van der Waals surface area contributed by atoms with E-state index in [-0.39, 0.29) is 17.1 Å². The van der Waals surface area contributed by atoms with E-state index in [4.69, 9.17) is 8.60 Å². The van der Waals surface area contributed by atoms with Crippen molar-refractivity contribution >= 4 is 16.0 Å². The third kappa shape index (κ3) is 6.71. The van der Waals surface area contributed by atoms with E-state index in [1.54, 1.807) is 55.3 Å². The van der Waals surface area contributed by atoms with E-state index < -0.39 is 15.4 Å². The fourth-order valence-corrected chi connectivity index (χ4v) is 3.06. The summed E-state index contributed by atoms with van der Waals surface area (Å²) in [5.41, 5.74) is 0.754. The Bertz CT molecular complexity index is 863. The first kappa shape index (κ1) is 22.0. The van der Waals surface area contributed by atoms with Gasteiger partial charge in [-0.05, 0) is 49.1 Å². The molecule has 0 aliphatic heterocycles. The third-order valence-corrected chi connectivity index (χ3v) is 5.63. The van der Waals surface area contributed by atoms with Gasteiger partial charge in [0.15, 0.2) is 0 Å². The van der Waals surface area contributed by atoms with Gasteiger partial charge in [0, 0.05) is 13.0 Å². The second-order valence-corrected chi connectivity index (χ2v) is 10.4. The molecule has 2 rings (SSSR count). The fourth-order valence-electron chi connectivity index (χ4n) is 2.49. The first-order valence-electron chi connectivity index (χ1n) is 9.29. The molecule has 0 aliphatic carbocycles. The van der Waals surface area contributed by atoms with Crippen molar-refractivity contribution < 1.29 is 21.8 Å². The summed E-state index contributed by atoms with van der Waals surface area (Å²) >= 11 is 0. The summed E-state index contributed by atoms with van der Waals surface area (Å²) in [4.78, 5) is 14.5. The lowest BCUT2D eigenvalue weighted by atomic mass is 9.91. The molecule has 28 heavy (non-hydrogen) atoms. The van der Waals surface area contributed by atoms with Gasteiger partial charge in [-0.1, -0.05) is 32.9 Å². The minimum absolute atomic E-state index is 0.0339. The van der Waals surface area contributed by atoms with Crippen molar-refractivity contribution in [3.05, 3.63) is 54.0 Å². The van der Waals surface area contributed by atoms with Crippen molar-refractivity contribution in [1.82, 2.24) is 4.90 Å². The van der Waals surface area contributed by atoms with E-state index in [0.29, 0.717) is 25.3 Å². The molecule has 1 aromatic carbocycles. The predicted molar refractivity (Wildman–Crippen MR) is 108 cm³/mol. The van der Waals surface area contributed by atoms with Crippen LogP contribution in [0.25, 0.3) is 0 Å². The topological polar surface area (TPSA) is 76.8 Å². The lowest BCUT2D eigenvalue weighted by Gasteiger charge is -2.26. The first-order chi connectivity index (χ1) is 13.0. The molecule has 0 N–H and O–H groups in total. The normalized spacial score (nSPS) is 12.2. The largest absolute Gasteiger partial charge is 0.467 e. The zero-order valence-electron chi connectivity index (χ0n) is 17.1. The van der Waals surface area contributed by atoms with Crippen molar-refractivity contribution in [2.24, 2.45) is 5.41 Å². The van der Waals surface area contributed by atoms with Crippen molar-refractivity contribution in [3.8, 4) is 5.75 Å². The first-order valence-corrected chi connectivity index (χ1v) is 10.8. The molecule has 1 aromatic heterocycles. The van der Waals surface area contributed by atoms with Crippen LogP contribution in [0.3, 0.4) is 0 Å². The van der Waals surface area contributed by atoms with Crippen LogP contribution in [0.1, 0.15) is 52.4 Å². The second kappa shape index (κ2) is 8.82. The van der Waals surface area contributed by atoms with Crippen LogP contribution in [0.15, 0.2) is 47.1 Å². The maximum atomic E-state index is 12.8. The molecular formula is C21H29NO5S. The van der Waals surface area contributed by atoms with Gasteiger partial charge in [-0.15, -0.1) is 0 Å². The maximum absolute atomic E-state index is 12.8. The zero-order chi connectivity index (χ0) is 20.9. The van der Waals surface area contributed by atoms with E-state index in [2.05, 4.69) is 0 Å². The number of carbonyl (C=O) groups excluding carboxylic acids is 1. The summed E-state index contributed by atoms with van der Waals surface area (Å²) in [6.45, 7) is 9.98. The summed E-state index contributed by atoms with van der Waals surface area (Å²) in [6.07, 6.45) is 2.00. The average Bonchev–Trinajstić information content (AvgIpc) is 3.07. The molecule has 0 unspecified atom stereocenters. The van der Waals surface area contributed by atoms with Crippen LogP contribution in [0.5, 0.6) is 5.75 Å². The third-order valence-electron chi connectivity index (χ3n) is 4.05. The SMILES string of the molecule is CC(C)S(=O)(=O)Oc1ccc(CN(Cc2ccco2)C(=O)CC(C)(C)C)cc1. The Kier molecular flexibility index (Phi) is 6.93. The summed E-state index contributed by atoms with van der Waals surface area (Å²) in [5, 5.41) is -0.619. The number of hydrogen-bond acceptors (Lipinski definition) is 5. The molecular weight excluding hydrogens is 378 g/mol. The number of benzene rings is 1. The van der Waals surface area contributed by atoms with E-state index in [1.165, 1.54) is 0 Å². The van der Waals surface area contributed by atoms with Gasteiger partial charge in [0.25, 0.3) is 0 Å². The summed E-state index contributed by atoms with van der Waals surface area (Å²) in [7, 11) is -3.63. The molecule has 154 valence electrons. The van der Waals surface area contributed by atoms with Gasteiger partial charge in [0.2, 0.25) is 5.91 Å². The van der Waals surface area contributed by atoms with Crippen LogP contribution in [0.2, 0.25) is 0 Å². The quantitative estimate of drug-likeness (QED) is 0.608. The van der Waals surface area contributed by atoms with Gasteiger partial charge in [-0.2, -0.15) is 8.42 Å². The molecule has 0 radical (unpaired) electrons. The van der Waals surface area contributed by atoms with Crippen LogP contribution in [-0.2, 0) is 28.0 Å². The molecule has 0 saturated heterocycles. The highest BCUT2D eigenvalue weighted by atomic mass is 32.2. The van der Waals surface area contributed by atoms with Crippen LogP contribution in [-0.4, -0.2) is 24.5 Å². The Morgan fingerprint density at radius 2 is 1.75 bits per heavy atom. The van der Waals surface area contributed by atoms with Crippen molar-refractivity contribution in [1.29, 1.82) is 0 Å². The molecule has 1 amide bonds. The number of rotatable bonds is 8. The van der Waals surface area contributed by atoms with Gasteiger partial charge in [-0.3, -0.25) is 4.79 Å². The number of furan rings is 1. The lowest BCUT2D eigenvalue weighted by molar-refractivity contribution is -0.134. The lowest BCUT2D eigenvalue weighted by Crippen LogP contribution is -2.32. The minimum Gasteiger partial charge on any atom is -0.467 e. The number of amides is 1. The Morgan fingerprint density at radius 1 is 1.11 bits per heavy atom. The molecule has 7 heteroatoms. The average molecular weight is 408 g/mol. The molecule has 2 aromatic rings. The fraction of sp³-hybridized carbons (Fsp3) is 0.476. The summed E-state index contributed by atoms with van der Waals surface area (Å²) in [5.74, 6) is 1.01. The summed E-state index contributed by atoms with van der Waals surface area (Å²) in [6, 6.07) is 10.4. The Morgan fingerprint density at radius 3 is 2.25 bits per heavy atom. The minimum atomic E-state index is -3.63. The van der Waals surface area contributed by atoms with Crippen molar-refractivity contribution in [2.75, 3.05) is 0 Å². The molecule has 0 bridgehead atoms. The van der Waals surface area contributed by atoms with Gasteiger partial charge in [-0.25, -0.2) is 0 Å². The Hall–Kier alpha value is -2.28.